The molecular weight excluding hydrogens is 298 g/mol. The second kappa shape index (κ2) is 5.62. The van der Waals surface area contributed by atoms with Gasteiger partial charge in [0.2, 0.25) is 0 Å². The van der Waals surface area contributed by atoms with Crippen LogP contribution in [0.2, 0.25) is 0 Å². The van der Waals surface area contributed by atoms with Gasteiger partial charge in [-0.1, -0.05) is 12.1 Å². The molecule has 0 bridgehead atoms. The average Bonchev–Trinajstić information content (AvgIpc) is 3.01. The number of aryl methyl sites for hydroxylation is 1. The Balaban J connectivity index is 2.17. The van der Waals surface area contributed by atoms with Gasteiger partial charge in [0.05, 0.1) is 11.3 Å². The molecule has 0 saturated heterocycles. The molecule has 1 N–H and O–H groups in total. The molecule has 3 rings (SSSR count). The molecule has 1 aromatic heterocycles. The van der Waals surface area contributed by atoms with E-state index in [0.717, 1.165) is 11.3 Å². The molecule has 0 fully saturated rings. The summed E-state index contributed by atoms with van der Waals surface area (Å²) >= 11 is 4.41. The van der Waals surface area contributed by atoms with Crippen LogP contribution in [0.3, 0.4) is 0 Å². The molecule has 1 aromatic carbocycles. The number of hydrogen-bond acceptors (Lipinski definition) is 5. The van der Waals surface area contributed by atoms with Gasteiger partial charge in [0, 0.05) is 5.69 Å². The van der Waals surface area contributed by atoms with Crippen molar-refractivity contribution < 1.29 is 9.21 Å². The minimum Gasteiger partial charge on any atom is -0.465 e. The average molecular weight is 311 g/mol. The third-order valence-corrected chi connectivity index (χ3v) is 3.85. The lowest BCUT2D eigenvalue weighted by atomic mass is 10.1. The van der Waals surface area contributed by atoms with E-state index in [1.165, 1.54) is 6.26 Å². The van der Waals surface area contributed by atoms with Crippen LogP contribution < -0.4 is 10.2 Å². The molecule has 110 valence electrons. The maximum atomic E-state index is 12.1. The van der Waals surface area contributed by atoms with Crippen LogP contribution in [0.15, 0.2) is 57.7 Å². The van der Waals surface area contributed by atoms with E-state index in [9.17, 15) is 10.1 Å². The summed E-state index contributed by atoms with van der Waals surface area (Å²) in [5.41, 5.74) is 1.86. The van der Waals surface area contributed by atoms with Crippen LogP contribution in [0.1, 0.15) is 17.5 Å². The third kappa shape index (κ3) is 2.36. The van der Waals surface area contributed by atoms with Gasteiger partial charge in [-0.3, -0.25) is 4.79 Å². The Labute approximate surface area is 133 Å². The van der Waals surface area contributed by atoms with Crippen molar-refractivity contribution in [3.05, 3.63) is 64.6 Å². The molecular formula is C16H13N3O2S. The van der Waals surface area contributed by atoms with Gasteiger partial charge in [-0.25, -0.2) is 0 Å². The summed E-state index contributed by atoms with van der Waals surface area (Å²) in [7, 11) is 0. The standard InChI is InChI=1S/C16H13N3O2S/c1-10-4-2-5-11(8-10)19-14(13-6-3-7-21-13)18-15(20)12(9-17)16(19)22/h2-8,14,22H,1H3,(H,18,20)/t14-/m1/s1. The first-order chi connectivity index (χ1) is 10.6. The van der Waals surface area contributed by atoms with Gasteiger partial charge in [0.15, 0.2) is 6.17 Å². The minimum absolute atomic E-state index is 0.0207. The summed E-state index contributed by atoms with van der Waals surface area (Å²) in [6.07, 6.45) is 0.992. The molecule has 5 nitrogen and oxygen atoms in total. The van der Waals surface area contributed by atoms with Crippen LogP contribution in [0.4, 0.5) is 5.69 Å². The molecule has 0 unspecified atom stereocenters. The first kappa shape index (κ1) is 14.3. The molecule has 0 spiro atoms. The van der Waals surface area contributed by atoms with Crippen molar-refractivity contribution in [1.29, 1.82) is 5.26 Å². The van der Waals surface area contributed by atoms with Crippen LogP contribution in [-0.2, 0) is 4.79 Å². The Hall–Kier alpha value is -2.65. The zero-order valence-corrected chi connectivity index (χ0v) is 12.7. The maximum absolute atomic E-state index is 12.1. The normalized spacial score (nSPS) is 18.1. The Morgan fingerprint density at radius 2 is 2.18 bits per heavy atom. The largest absolute Gasteiger partial charge is 0.465 e. The number of amides is 1. The lowest BCUT2D eigenvalue weighted by Crippen LogP contribution is -2.45. The van der Waals surface area contributed by atoms with Crippen molar-refractivity contribution in [2.45, 2.75) is 13.1 Å². The molecule has 1 aliphatic heterocycles. The molecule has 2 aromatic rings. The van der Waals surface area contributed by atoms with Crippen molar-refractivity contribution in [3.8, 4) is 6.07 Å². The summed E-state index contributed by atoms with van der Waals surface area (Å²) in [6, 6.07) is 13.2. The van der Waals surface area contributed by atoms with Crippen LogP contribution in [-0.4, -0.2) is 5.91 Å². The van der Waals surface area contributed by atoms with Gasteiger partial charge in [0.25, 0.3) is 5.91 Å². The molecule has 22 heavy (non-hydrogen) atoms. The predicted molar refractivity (Wildman–Crippen MR) is 84.9 cm³/mol. The maximum Gasteiger partial charge on any atom is 0.266 e. The van der Waals surface area contributed by atoms with Crippen LogP contribution >= 0.6 is 12.6 Å². The number of furan rings is 1. The summed E-state index contributed by atoms with van der Waals surface area (Å²) in [4.78, 5) is 13.8. The predicted octanol–water partition coefficient (Wildman–Crippen LogP) is 2.89. The Morgan fingerprint density at radius 1 is 1.36 bits per heavy atom. The second-order valence-electron chi connectivity index (χ2n) is 4.91. The van der Waals surface area contributed by atoms with Crippen molar-refractivity contribution in [1.82, 2.24) is 5.32 Å². The molecule has 0 saturated carbocycles. The highest BCUT2D eigenvalue weighted by Gasteiger charge is 2.35. The highest BCUT2D eigenvalue weighted by molar-refractivity contribution is 7.84. The van der Waals surface area contributed by atoms with Gasteiger partial charge >= 0.3 is 0 Å². The van der Waals surface area contributed by atoms with Crippen LogP contribution in [0.25, 0.3) is 0 Å². The quantitative estimate of drug-likeness (QED) is 0.837. The van der Waals surface area contributed by atoms with E-state index in [4.69, 9.17) is 4.42 Å². The Bertz CT molecular complexity index is 790. The molecule has 2 heterocycles. The number of rotatable bonds is 2. The van der Waals surface area contributed by atoms with Gasteiger partial charge in [0.1, 0.15) is 17.4 Å². The molecule has 6 heteroatoms. The van der Waals surface area contributed by atoms with Crippen LogP contribution in [0.5, 0.6) is 0 Å². The number of anilines is 1. The zero-order valence-electron chi connectivity index (χ0n) is 11.8. The van der Waals surface area contributed by atoms with Gasteiger partial charge < -0.3 is 14.6 Å². The first-order valence-corrected chi connectivity index (χ1v) is 7.10. The van der Waals surface area contributed by atoms with Crippen LogP contribution in [0, 0.1) is 18.3 Å². The molecule has 0 aliphatic carbocycles. The number of thiol groups is 1. The molecule has 0 radical (unpaired) electrons. The Morgan fingerprint density at radius 3 is 2.82 bits per heavy atom. The number of nitrogens with one attached hydrogen (secondary N) is 1. The van der Waals surface area contributed by atoms with Crippen molar-refractivity contribution >= 4 is 24.2 Å². The summed E-state index contributed by atoms with van der Waals surface area (Å²) in [5, 5.41) is 12.3. The molecule has 1 amide bonds. The number of nitrogens with zero attached hydrogens (tertiary/aromatic N) is 2. The zero-order chi connectivity index (χ0) is 15.7. The topological polar surface area (TPSA) is 69.3 Å². The fourth-order valence-electron chi connectivity index (χ4n) is 2.40. The van der Waals surface area contributed by atoms with Gasteiger partial charge in [-0.15, -0.1) is 12.6 Å². The van der Waals surface area contributed by atoms with Crippen molar-refractivity contribution in [2.75, 3.05) is 4.90 Å². The number of nitriles is 1. The SMILES string of the molecule is Cc1cccc(N2C(S)=C(C#N)C(=O)N[C@H]2c2ccco2)c1. The van der Waals surface area contributed by atoms with E-state index >= 15 is 0 Å². The number of benzene rings is 1. The van der Waals surface area contributed by atoms with E-state index < -0.39 is 12.1 Å². The smallest absolute Gasteiger partial charge is 0.266 e. The summed E-state index contributed by atoms with van der Waals surface area (Å²) in [6.45, 7) is 1.97. The lowest BCUT2D eigenvalue weighted by Gasteiger charge is -2.36. The Kier molecular flexibility index (Phi) is 3.65. The fraction of sp³-hybridized carbons (Fsp3) is 0.125. The summed E-state index contributed by atoms with van der Waals surface area (Å²) < 4.78 is 5.42. The van der Waals surface area contributed by atoms with Crippen molar-refractivity contribution in [2.24, 2.45) is 0 Å². The van der Waals surface area contributed by atoms with E-state index in [-0.39, 0.29) is 5.57 Å². The lowest BCUT2D eigenvalue weighted by molar-refractivity contribution is -0.118. The highest BCUT2D eigenvalue weighted by Crippen LogP contribution is 2.35. The van der Waals surface area contributed by atoms with E-state index in [2.05, 4.69) is 17.9 Å². The monoisotopic (exact) mass is 311 g/mol. The molecule has 1 aliphatic rings. The minimum atomic E-state index is -0.547. The molecule has 1 atom stereocenters. The second-order valence-corrected chi connectivity index (χ2v) is 5.33. The first-order valence-electron chi connectivity index (χ1n) is 6.65. The third-order valence-electron chi connectivity index (χ3n) is 3.41. The van der Waals surface area contributed by atoms with Crippen molar-refractivity contribution in [3.63, 3.8) is 0 Å². The van der Waals surface area contributed by atoms with E-state index in [1.54, 1.807) is 17.0 Å². The number of hydrogen-bond donors (Lipinski definition) is 2. The van der Waals surface area contributed by atoms with Gasteiger partial charge in [-0.2, -0.15) is 5.26 Å². The van der Waals surface area contributed by atoms with E-state index in [1.807, 2.05) is 37.3 Å². The fourth-order valence-corrected chi connectivity index (χ4v) is 2.78. The van der Waals surface area contributed by atoms with E-state index in [0.29, 0.717) is 10.8 Å². The number of carbonyl (C=O) groups excluding carboxylic acids is 1. The highest BCUT2D eigenvalue weighted by atomic mass is 32.1. The van der Waals surface area contributed by atoms with Gasteiger partial charge in [-0.05, 0) is 36.8 Å². The summed E-state index contributed by atoms with van der Waals surface area (Å²) in [5.74, 6) is 0.108. The number of carbonyl (C=O) groups is 1.